The van der Waals surface area contributed by atoms with Gasteiger partial charge in [0.25, 0.3) is 0 Å². The molecule has 0 fully saturated rings. The minimum atomic E-state index is -4.93. The lowest BCUT2D eigenvalue weighted by Crippen LogP contribution is -2.19. The number of carbonyl (C=O) groups is 1. The molecule has 1 aromatic carbocycles. The summed E-state index contributed by atoms with van der Waals surface area (Å²) < 4.78 is 40.6. The second-order valence-corrected chi connectivity index (χ2v) is 3.80. The molecule has 2 rings (SSSR count). The molecular weight excluding hydrogens is 275 g/mol. The van der Waals surface area contributed by atoms with Crippen molar-refractivity contribution in [1.29, 1.82) is 0 Å². The first kappa shape index (κ1) is 13.9. The highest BCUT2D eigenvalue weighted by Crippen LogP contribution is 2.30. The van der Waals surface area contributed by atoms with Gasteiger partial charge in [0, 0.05) is 18.0 Å². The number of ether oxygens (including phenoxy) is 1. The number of hydrogen-bond acceptors (Lipinski definition) is 4. The molecule has 20 heavy (non-hydrogen) atoms. The van der Waals surface area contributed by atoms with Crippen LogP contribution in [0.15, 0.2) is 42.7 Å². The van der Waals surface area contributed by atoms with Gasteiger partial charge in [0.15, 0.2) is 5.78 Å². The van der Waals surface area contributed by atoms with Gasteiger partial charge >= 0.3 is 6.36 Å². The van der Waals surface area contributed by atoms with Crippen LogP contribution in [0.5, 0.6) is 11.5 Å². The number of phenolic OH excluding ortho intramolecular Hbond substituents is 1. The topological polar surface area (TPSA) is 59.4 Å². The summed E-state index contributed by atoms with van der Waals surface area (Å²) in [5.74, 6) is -1.75. The maximum atomic E-state index is 12.3. The van der Waals surface area contributed by atoms with E-state index in [1.807, 2.05) is 0 Å². The Morgan fingerprint density at radius 1 is 1.25 bits per heavy atom. The standard InChI is InChI=1S/C13H8F3NO3/c14-13(15,16)20-11-4-3-9(18)6-10(11)12(19)8-2-1-5-17-7-8/h1-7,18H. The van der Waals surface area contributed by atoms with E-state index in [9.17, 15) is 23.1 Å². The Kier molecular flexibility index (Phi) is 3.60. The minimum Gasteiger partial charge on any atom is -0.508 e. The third kappa shape index (κ3) is 3.25. The summed E-state index contributed by atoms with van der Waals surface area (Å²) in [5, 5.41) is 9.33. The fraction of sp³-hybridized carbons (Fsp3) is 0.0769. The monoisotopic (exact) mass is 283 g/mol. The van der Waals surface area contributed by atoms with Crippen molar-refractivity contribution in [2.75, 3.05) is 0 Å². The molecule has 1 N–H and O–H groups in total. The highest BCUT2D eigenvalue weighted by molar-refractivity contribution is 6.10. The Morgan fingerprint density at radius 3 is 2.60 bits per heavy atom. The zero-order chi connectivity index (χ0) is 14.8. The fourth-order valence-corrected chi connectivity index (χ4v) is 1.56. The molecule has 0 amide bonds. The van der Waals surface area contributed by atoms with E-state index in [1.54, 1.807) is 0 Å². The number of pyridine rings is 1. The van der Waals surface area contributed by atoms with Crippen LogP contribution < -0.4 is 4.74 Å². The maximum absolute atomic E-state index is 12.3. The molecule has 0 spiro atoms. The predicted molar refractivity (Wildman–Crippen MR) is 62.5 cm³/mol. The molecule has 2 aromatic rings. The number of halogens is 3. The van der Waals surface area contributed by atoms with Gasteiger partial charge in [-0.2, -0.15) is 0 Å². The second kappa shape index (κ2) is 5.20. The third-order valence-corrected chi connectivity index (χ3v) is 2.36. The number of rotatable bonds is 3. The Morgan fingerprint density at radius 2 is 2.00 bits per heavy atom. The lowest BCUT2D eigenvalue weighted by Gasteiger charge is -2.12. The Hall–Kier alpha value is -2.57. The van der Waals surface area contributed by atoms with Crippen molar-refractivity contribution in [3.05, 3.63) is 53.9 Å². The van der Waals surface area contributed by atoms with E-state index in [-0.39, 0.29) is 11.3 Å². The van der Waals surface area contributed by atoms with Crippen LogP contribution >= 0.6 is 0 Å². The van der Waals surface area contributed by atoms with Crippen LogP contribution in [0.25, 0.3) is 0 Å². The number of carbonyl (C=O) groups excluding carboxylic acids is 1. The smallest absolute Gasteiger partial charge is 0.508 e. The minimum absolute atomic E-state index is 0.0881. The molecule has 0 aliphatic carbocycles. The lowest BCUT2D eigenvalue weighted by molar-refractivity contribution is -0.274. The number of phenols is 1. The molecule has 7 heteroatoms. The van der Waals surface area contributed by atoms with Gasteiger partial charge in [0.1, 0.15) is 11.5 Å². The molecule has 1 heterocycles. The molecule has 4 nitrogen and oxygen atoms in total. The third-order valence-electron chi connectivity index (χ3n) is 2.36. The maximum Gasteiger partial charge on any atom is 0.573 e. The highest BCUT2D eigenvalue weighted by Gasteiger charge is 2.33. The first-order valence-corrected chi connectivity index (χ1v) is 5.40. The van der Waals surface area contributed by atoms with Crippen LogP contribution in [0.2, 0.25) is 0 Å². The largest absolute Gasteiger partial charge is 0.573 e. The quantitative estimate of drug-likeness (QED) is 0.880. The van der Waals surface area contributed by atoms with Gasteiger partial charge in [0.05, 0.1) is 5.56 Å². The number of alkyl halides is 3. The highest BCUT2D eigenvalue weighted by atomic mass is 19.4. The normalized spacial score (nSPS) is 11.2. The average Bonchev–Trinajstić information content (AvgIpc) is 2.39. The molecule has 0 unspecified atom stereocenters. The van der Waals surface area contributed by atoms with Crippen molar-refractivity contribution in [3.8, 4) is 11.5 Å². The summed E-state index contributed by atoms with van der Waals surface area (Å²) in [6.07, 6.45) is -2.29. The molecule has 0 saturated heterocycles. The van der Waals surface area contributed by atoms with Crippen LogP contribution in [0.4, 0.5) is 13.2 Å². The molecule has 0 radical (unpaired) electrons. The number of nitrogens with zero attached hydrogens (tertiary/aromatic N) is 1. The molecule has 0 saturated carbocycles. The van der Waals surface area contributed by atoms with E-state index in [0.717, 1.165) is 18.2 Å². The molecule has 0 aliphatic heterocycles. The van der Waals surface area contributed by atoms with E-state index in [1.165, 1.54) is 24.5 Å². The summed E-state index contributed by atoms with van der Waals surface area (Å²) in [4.78, 5) is 15.8. The SMILES string of the molecule is O=C(c1cccnc1)c1cc(O)ccc1OC(F)(F)F. The average molecular weight is 283 g/mol. The van der Waals surface area contributed by atoms with Gasteiger partial charge in [-0.15, -0.1) is 13.2 Å². The number of hydrogen-bond donors (Lipinski definition) is 1. The van der Waals surface area contributed by atoms with E-state index >= 15 is 0 Å². The van der Waals surface area contributed by atoms with E-state index in [2.05, 4.69) is 9.72 Å². The summed E-state index contributed by atoms with van der Waals surface area (Å²) in [6.45, 7) is 0. The summed E-state index contributed by atoms with van der Waals surface area (Å²) in [7, 11) is 0. The number of benzene rings is 1. The first-order valence-electron chi connectivity index (χ1n) is 5.40. The van der Waals surface area contributed by atoms with Gasteiger partial charge in [-0.25, -0.2) is 0 Å². The molecule has 0 bridgehead atoms. The van der Waals surface area contributed by atoms with Gasteiger partial charge < -0.3 is 9.84 Å². The van der Waals surface area contributed by atoms with Crippen LogP contribution in [-0.4, -0.2) is 22.2 Å². The number of ketones is 1. The van der Waals surface area contributed by atoms with Crippen molar-refractivity contribution in [3.63, 3.8) is 0 Å². The molecule has 0 aliphatic rings. The molecule has 104 valence electrons. The summed E-state index contributed by atoms with van der Waals surface area (Å²) in [5.41, 5.74) is -0.305. The Bertz CT molecular complexity index is 627. The predicted octanol–water partition coefficient (Wildman–Crippen LogP) is 2.92. The van der Waals surface area contributed by atoms with Crippen molar-refractivity contribution >= 4 is 5.78 Å². The van der Waals surface area contributed by atoms with Gasteiger partial charge in [-0.05, 0) is 30.3 Å². The number of aromatic nitrogens is 1. The Labute approximate surface area is 111 Å². The second-order valence-electron chi connectivity index (χ2n) is 3.80. The fourth-order valence-electron chi connectivity index (χ4n) is 1.56. The van der Waals surface area contributed by atoms with Crippen molar-refractivity contribution in [1.82, 2.24) is 4.98 Å². The molecule has 0 atom stereocenters. The van der Waals surface area contributed by atoms with Crippen LogP contribution in [0.3, 0.4) is 0 Å². The molecule has 1 aromatic heterocycles. The first-order chi connectivity index (χ1) is 9.37. The van der Waals surface area contributed by atoms with Gasteiger partial charge in [0.2, 0.25) is 0 Å². The van der Waals surface area contributed by atoms with E-state index in [0.29, 0.717) is 0 Å². The summed E-state index contributed by atoms with van der Waals surface area (Å²) >= 11 is 0. The zero-order valence-electron chi connectivity index (χ0n) is 9.89. The molecular formula is C13H8F3NO3. The summed E-state index contributed by atoms with van der Waals surface area (Å²) in [6, 6.07) is 5.67. The van der Waals surface area contributed by atoms with Gasteiger partial charge in [-0.1, -0.05) is 0 Å². The van der Waals surface area contributed by atoms with E-state index < -0.39 is 23.5 Å². The number of aromatic hydroxyl groups is 1. The van der Waals surface area contributed by atoms with Crippen LogP contribution in [0.1, 0.15) is 15.9 Å². The van der Waals surface area contributed by atoms with Gasteiger partial charge in [-0.3, -0.25) is 9.78 Å². The van der Waals surface area contributed by atoms with Crippen LogP contribution in [-0.2, 0) is 0 Å². The lowest BCUT2D eigenvalue weighted by atomic mass is 10.0. The van der Waals surface area contributed by atoms with Crippen molar-refractivity contribution < 1.29 is 27.8 Å². The Balaban J connectivity index is 2.44. The van der Waals surface area contributed by atoms with Crippen molar-refractivity contribution in [2.24, 2.45) is 0 Å². The van der Waals surface area contributed by atoms with Crippen molar-refractivity contribution in [2.45, 2.75) is 6.36 Å². The zero-order valence-corrected chi connectivity index (χ0v) is 9.89. The van der Waals surface area contributed by atoms with Crippen LogP contribution in [0, 0.1) is 0 Å². The van der Waals surface area contributed by atoms with E-state index in [4.69, 9.17) is 0 Å².